The molecule has 0 bridgehead atoms. The predicted octanol–water partition coefficient (Wildman–Crippen LogP) is -3.19. The molecule has 0 heterocycles. The molecule has 0 N–H and O–H groups in total. The quantitative estimate of drug-likeness (QED) is 0.343. The van der Waals surface area contributed by atoms with Crippen molar-refractivity contribution in [2.75, 3.05) is 0 Å². The van der Waals surface area contributed by atoms with Gasteiger partial charge in [-0.1, -0.05) is 0 Å². The van der Waals surface area contributed by atoms with Crippen LogP contribution in [0.3, 0.4) is 0 Å². The van der Waals surface area contributed by atoms with Crippen LogP contribution in [0.1, 0.15) is 13.8 Å². The van der Waals surface area contributed by atoms with Crippen LogP contribution in [0.15, 0.2) is 0 Å². The van der Waals surface area contributed by atoms with Gasteiger partial charge < -0.3 is 0 Å². The molecule has 0 spiro atoms. The summed E-state index contributed by atoms with van der Waals surface area (Å²) in [6.07, 6.45) is 0. The van der Waals surface area contributed by atoms with Crippen LogP contribution in [-0.4, -0.2) is 61.5 Å². The van der Waals surface area contributed by atoms with Gasteiger partial charge in [0.15, 0.2) is 0 Å². The molecule has 0 aliphatic rings. The van der Waals surface area contributed by atoms with E-state index in [9.17, 15) is 0 Å². The van der Waals surface area contributed by atoms with Crippen molar-refractivity contribution in [3.05, 3.63) is 0 Å². The predicted molar refractivity (Wildman–Crippen MR) is 78.3 cm³/mol. The Bertz CT molecular complexity index is 142. The molecule has 15 heavy (non-hydrogen) atoms. The SMILES string of the molecule is C[CH2][Ge]([CH2]C)([CH2]C(O[SiH3])(O[SiH3])O[SiH3])[O][SiH3]. The van der Waals surface area contributed by atoms with Crippen LogP contribution in [0.5, 0.6) is 0 Å². The number of rotatable bonds is 8. The molecule has 0 rings (SSSR count). The Morgan fingerprint density at radius 2 is 1.33 bits per heavy atom. The Labute approximate surface area is 108 Å². The second-order valence-electron chi connectivity index (χ2n) is 3.57. The minimum atomic E-state index is -2.20. The van der Waals surface area contributed by atoms with Gasteiger partial charge in [-0.05, 0) is 0 Å². The van der Waals surface area contributed by atoms with Crippen molar-refractivity contribution in [2.24, 2.45) is 0 Å². The van der Waals surface area contributed by atoms with E-state index in [-0.39, 0.29) is 0 Å². The summed E-state index contributed by atoms with van der Waals surface area (Å²) in [5.74, 6) is -0.721. The average Bonchev–Trinajstić information content (AvgIpc) is 2.33. The fraction of sp³-hybridized carbons (Fsp3) is 1.00. The summed E-state index contributed by atoms with van der Waals surface area (Å²) < 4.78 is 22.6. The van der Waals surface area contributed by atoms with Gasteiger partial charge in [-0.3, -0.25) is 0 Å². The maximum atomic E-state index is 5.93. The van der Waals surface area contributed by atoms with E-state index in [4.69, 9.17) is 16.7 Å². The Hall–Kier alpha value is 1.25. The molecule has 0 aromatic carbocycles. The van der Waals surface area contributed by atoms with Gasteiger partial charge in [-0.15, -0.1) is 0 Å². The molecule has 0 unspecified atom stereocenters. The van der Waals surface area contributed by atoms with E-state index < -0.39 is 19.6 Å². The molecule has 4 nitrogen and oxygen atoms in total. The van der Waals surface area contributed by atoms with Crippen LogP contribution in [0.4, 0.5) is 0 Å². The maximum absolute atomic E-state index is 5.93. The van der Waals surface area contributed by atoms with Gasteiger partial charge in [0, 0.05) is 0 Å². The first-order valence-corrected chi connectivity index (χ1v) is 13.9. The fourth-order valence-corrected chi connectivity index (χ4v) is 15.9. The third-order valence-corrected chi connectivity index (χ3v) is 19.0. The van der Waals surface area contributed by atoms with Crippen molar-refractivity contribution in [1.29, 1.82) is 0 Å². The molecular formula is C6H24GeO4Si4. The van der Waals surface area contributed by atoms with Crippen molar-refractivity contribution in [3.63, 3.8) is 0 Å². The zero-order valence-electron chi connectivity index (χ0n) is 10.8. The first-order chi connectivity index (χ1) is 7.07. The van der Waals surface area contributed by atoms with Crippen LogP contribution in [0.2, 0.25) is 15.8 Å². The van der Waals surface area contributed by atoms with E-state index in [0.717, 1.165) is 26.2 Å². The van der Waals surface area contributed by atoms with Crippen LogP contribution < -0.4 is 0 Å². The Morgan fingerprint density at radius 3 is 1.53 bits per heavy atom. The molecule has 0 radical (unpaired) electrons. The van der Waals surface area contributed by atoms with E-state index in [1.807, 2.05) is 0 Å². The molecule has 0 saturated heterocycles. The molecule has 0 aromatic heterocycles. The molecule has 0 saturated carbocycles. The zero-order chi connectivity index (χ0) is 11.9. The van der Waals surface area contributed by atoms with Gasteiger partial charge >= 0.3 is 108 Å². The van der Waals surface area contributed by atoms with Crippen LogP contribution >= 0.6 is 0 Å². The Balaban J connectivity index is 4.74. The first kappa shape index (κ1) is 16.3. The third kappa shape index (κ3) is 4.20. The molecular weight excluding hydrogens is 321 g/mol. The van der Waals surface area contributed by atoms with Gasteiger partial charge in [-0.2, -0.15) is 0 Å². The van der Waals surface area contributed by atoms with Crippen LogP contribution in [-0.2, 0) is 16.7 Å². The van der Waals surface area contributed by atoms with Gasteiger partial charge in [0.25, 0.3) is 0 Å². The first-order valence-electron chi connectivity index (χ1n) is 5.28. The van der Waals surface area contributed by atoms with Crippen molar-refractivity contribution in [1.82, 2.24) is 0 Å². The molecule has 0 aliphatic carbocycles. The molecule has 0 atom stereocenters. The Morgan fingerprint density at radius 1 is 0.933 bits per heavy atom. The number of hydrogen-bond donors (Lipinski definition) is 0. The van der Waals surface area contributed by atoms with Gasteiger partial charge in [-0.25, -0.2) is 0 Å². The molecule has 9 heteroatoms. The van der Waals surface area contributed by atoms with E-state index in [2.05, 4.69) is 13.8 Å². The standard InChI is InChI=1S/C6H24GeO4Si4/c1-3-7(4-2,11-15)5-6(8-12,9-13)10-14/h3-5H2,1-2,12-15H3. The van der Waals surface area contributed by atoms with E-state index in [1.54, 1.807) is 0 Å². The molecule has 92 valence electrons. The fourth-order valence-electron chi connectivity index (χ4n) is 1.72. The molecule has 0 fully saturated rings. The monoisotopic (exact) mass is 346 g/mol. The van der Waals surface area contributed by atoms with Crippen LogP contribution in [0.25, 0.3) is 0 Å². The van der Waals surface area contributed by atoms with Gasteiger partial charge in [0.2, 0.25) is 0 Å². The average molecular weight is 345 g/mol. The van der Waals surface area contributed by atoms with E-state index in [1.165, 1.54) is 0 Å². The summed E-state index contributed by atoms with van der Waals surface area (Å²) in [5.41, 5.74) is 0. The minimum absolute atomic E-state index is 0.647. The third-order valence-electron chi connectivity index (χ3n) is 3.19. The molecule has 0 amide bonds. The summed E-state index contributed by atoms with van der Waals surface area (Å²) in [6.45, 7) is 4.44. The van der Waals surface area contributed by atoms with Gasteiger partial charge in [0.1, 0.15) is 0 Å². The summed E-state index contributed by atoms with van der Waals surface area (Å²) in [7, 11) is 2.76. The number of hydrogen-bond acceptors (Lipinski definition) is 4. The summed E-state index contributed by atoms with van der Waals surface area (Å²) in [6, 6.07) is 0. The van der Waals surface area contributed by atoms with E-state index >= 15 is 0 Å². The zero-order valence-corrected chi connectivity index (χ0v) is 20.9. The van der Waals surface area contributed by atoms with Crippen molar-refractivity contribution < 1.29 is 16.7 Å². The van der Waals surface area contributed by atoms with E-state index in [0.29, 0.717) is 31.5 Å². The topological polar surface area (TPSA) is 36.9 Å². The van der Waals surface area contributed by atoms with Crippen molar-refractivity contribution in [2.45, 2.75) is 35.6 Å². The van der Waals surface area contributed by atoms with Crippen LogP contribution in [0, 0.1) is 0 Å². The Kier molecular flexibility index (Phi) is 8.18. The summed E-state index contributed by atoms with van der Waals surface area (Å²) in [5, 5.41) is 3.19. The summed E-state index contributed by atoms with van der Waals surface area (Å²) in [4.78, 5) is 0. The molecule has 0 aliphatic heterocycles. The second kappa shape index (κ2) is 7.55. The molecule has 0 aromatic rings. The summed E-state index contributed by atoms with van der Waals surface area (Å²) >= 11 is -2.20. The van der Waals surface area contributed by atoms with Crippen molar-refractivity contribution in [3.8, 4) is 0 Å². The second-order valence-corrected chi connectivity index (χ2v) is 16.4. The van der Waals surface area contributed by atoms with Crippen molar-refractivity contribution >= 4 is 55.5 Å². The van der Waals surface area contributed by atoms with Gasteiger partial charge in [0.05, 0.1) is 0 Å². The normalized spacial score (nSPS) is 17.2.